The molecular weight excluding hydrogens is 574 g/mol. The zero-order chi connectivity index (χ0) is 30.9. The number of rotatable bonds is 4. The molecule has 0 saturated heterocycles. The molecule has 9 aromatic rings. The summed E-state index contributed by atoms with van der Waals surface area (Å²) >= 11 is 0. The predicted octanol–water partition coefficient (Wildman–Crippen LogP) is 11.2. The van der Waals surface area contributed by atoms with E-state index in [1.807, 2.05) is 60.7 Å². The topological polar surface area (TPSA) is 51.8 Å². The lowest BCUT2D eigenvalue weighted by Crippen LogP contribution is -2.00. The van der Waals surface area contributed by atoms with Crippen molar-refractivity contribution < 1.29 is 4.42 Å². The standard InChI is InChI=1S/C43H25N3O/c1-3-11-27(12-4-1)41-44-42(28-13-5-2-6-14-28)46-43(45-41)30-18-7-17-29(23-30)31-19-10-22-37-40(31)36-24-34-32-20-8-15-26-16-9-21-33(39(26)32)35(34)25-38(36)47-37/h1-25H. The van der Waals surface area contributed by atoms with Crippen LogP contribution in [-0.2, 0) is 0 Å². The Morgan fingerprint density at radius 1 is 0.340 bits per heavy atom. The summed E-state index contributed by atoms with van der Waals surface area (Å²) in [6, 6.07) is 52.6. The molecule has 47 heavy (non-hydrogen) atoms. The number of benzene rings is 7. The molecule has 0 unspecified atom stereocenters. The van der Waals surface area contributed by atoms with Gasteiger partial charge in [-0.1, -0.05) is 127 Å². The molecule has 0 spiro atoms. The predicted molar refractivity (Wildman–Crippen MR) is 191 cm³/mol. The van der Waals surface area contributed by atoms with Gasteiger partial charge in [-0.15, -0.1) is 0 Å². The fourth-order valence-electron chi connectivity index (χ4n) is 7.11. The number of hydrogen-bond donors (Lipinski definition) is 0. The Balaban J connectivity index is 1.15. The van der Waals surface area contributed by atoms with E-state index in [9.17, 15) is 0 Å². The van der Waals surface area contributed by atoms with Crippen LogP contribution in [0, 0.1) is 0 Å². The van der Waals surface area contributed by atoms with Gasteiger partial charge in [0, 0.05) is 27.5 Å². The Kier molecular flexibility index (Phi) is 5.54. The highest BCUT2D eigenvalue weighted by molar-refractivity contribution is 6.20. The highest BCUT2D eigenvalue weighted by Gasteiger charge is 2.24. The number of aromatic nitrogens is 3. The van der Waals surface area contributed by atoms with E-state index >= 15 is 0 Å². The molecule has 1 aliphatic carbocycles. The fraction of sp³-hybridized carbons (Fsp3) is 0. The molecule has 0 saturated carbocycles. The zero-order valence-corrected chi connectivity index (χ0v) is 25.2. The number of hydrogen-bond acceptors (Lipinski definition) is 4. The molecule has 1 aliphatic rings. The number of fused-ring (bicyclic) bond motifs is 6. The molecule has 4 nitrogen and oxygen atoms in total. The maximum atomic E-state index is 6.55. The Hall–Kier alpha value is -6.39. The van der Waals surface area contributed by atoms with Crippen LogP contribution in [-0.4, -0.2) is 15.0 Å². The van der Waals surface area contributed by atoms with E-state index in [0.717, 1.165) is 49.8 Å². The van der Waals surface area contributed by atoms with Crippen molar-refractivity contribution in [3.63, 3.8) is 0 Å². The summed E-state index contributed by atoms with van der Waals surface area (Å²) in [7, 11) is 0. The highest BCUT2D eigenvalue weighted by atomic mass is 16.3. The van der Waals surface area contributed by atoms with Crippen molar-refractivity contribution >= 4 is 32.7 Å². The molecule has 10 rings (SSSR count). The Morgan fingerprint density at radius 2 is 0.872 bits per heavy atom. The molecule has 0 N–H and O–H groups in total. The molecular formula is C43H25N3O. The first-order chi connectivity index (χ1) is 23.3. The molecule has 0 radical (unpaired) electrons. The van der Waals surface area contributed by atoms with Crippen LogP contribution in [0.15, 0.2) is 156 Å². The van der Waals surface area contributed by atoms with Gasteiger partial charge >= 0.3 is 0 Å². The third kappa shape index (κ3) is 4.05. The van der Waals surface area contributed by atoms with Crippen LogP contribution in [0.1, 0.15) is 0 Å². The van der Waals surface area contributed by atoms with Gasteiger partial charge < -0.3 is 4.42 Å². The van der Waals surface area contributed by atoms with E-state index in [1.54, 1.807) is 0 Å². The first-order valence-electron chi connectivity index (χ1n) is 15.8. The third-order valence-corrected chi connectivity index (χ3v) is 9.25. The third-order valence-electron chi connectivity index (χ3n) is 9.25. The van der Waals surface area contributed by atoms with Crippen molar-refractivity contribution in [1.29, 1.82) is 0 Å². The van der Waals surface area contributed by atoms with Gasteiger partial charge in [0.15, 0.2) is 17.5 Å². The molecule has 7 aromatic carbocycles. The van der Waals surface area contributed by atoms with E-state index in [4.69, 9.17) is 19.4 Å². The van der Waals surface area contributed by atoms with E-state index in [1.165, 1.54) is 33.0 Å². The van der Waals surface area contributed by atoms with Crippen molar-refractivity contribution in [3.05, 3.63) is 152 Å². The van der Waals surface area contributed by atoms with E-state index in [-0.39, 0.29) is 0 Å². The van der Waals surface area contributed by atoms with Crippen molar-refractivity contribution in [2.75, 3.05) is 0 Å². The maximum absolute atomic E-state index is 6.55. The summed E-state index contributed by atoms with van der Waals surface area (Å²) in [6.45, 7) is 0. The van der Waals surface area contributed by atoms with Crippen LogP contribution in [0.4, 0.5) is 0 Å². The van der Waals surface area contributed by atoms with Crippen LogP contribution < -0.4 is 0 Å². The minimum atomic E-state index is 0.632. The summed E-state index contributed by atoms with van der Waals surface area (Å²) in [5.74, 6) is 1.92. The van der Waals surface area contributed by atoms with Gasteiger partial charge in [0.25, 0.3) is 0 Å². The van der Waals surface area contributed by atoms with Gasteiger partial charge in [0.2, 0.25) is 0 Å². The smallest absolute Gasteiger partial charge is 0.164 e. The van der Waals surface area contributed by atoms with Gasteiger partial charge in [0.05, 0.1) is 0 Å². The van der Waals surface area contributed by atoms with Gasteiger partial charge in [-0.05, 0) is 68.4 Å². The molecule has 0 amide bonds. The van der Waals surface area contributed by atoms with Crippen LogP contribution in [0.25, 0.3) is 100 Å². The quantitative estimate of drug-likeness (QED) is 0.202. The van der Waals surface area contributed by atoms with Crippen LogP contribution in [0.5, 0.6) is 0 Å². The fourth-order valence-corrected chi connectivity index (χ4v) is 7.11. The molecule has 218 valence electrons. The Bertz CT molecular complexity index is 2610. The van der Waals surface area contributed by atoms with Crippen LogP contribution in [0.2, 0.25) is 0 Å². The minimum absolute atomic E-state index is 0.632. The minimum Gasteiger partial charge on any atom is -0.456 e. The maximum Gasteiger partial charge on any atom is 0.164 e. The Labute approximate surface area is 270 Å². The second-order valence-electron chi connectivity index (χ2n) is 12.0. The highest BCUT2D eigenvalue weighted by Crippen LogP contribution is 2.50. The molecule has 2 heterocycles. The van der Waals surface area contributed by atoms with Gasteiger partial charge in [-0.2, -0.15) is 0 Å². The lowest BCUT2D eigenvalue weighted by Gasteiger charge is -2.10. The summed E-state index contributed by atoms with van der Waals surface area (Å²) in [5, 5.41) is 4.80. The van der Waals surface area contributed by atoms with Crippen molar-refractivity contribution in [2.45, 2.75) is 0 Å². The lowest BCUT2D eigenvalue weighted by molar-refractivity contribution is 0.669. The second-order valence-corrected chi connectivity index (χ2v) is 12.0. The largest absolute Gasteiger partial charge is 0.456 e. The van der Waals surface area contributed by atoms with E-state index in [2.05, 4.69) is 91.0 Å². The monoisotopic (exact) mass is 599 g/mol. The van der Waals surface area contributed by atoms with Crippen molar-refractivity contribution in [2.24, 2.45) is 0 Å². The number of furan rings is 1. The summed E-state index contributed by atoms with van der Waals surface area (Å²) in [6.07, 6.45) is 0. The first kappa shape index (κ1) is 25.9. The molecule has 0 aliphatic heterocycles. The average molecular weight is 600 g/mol. The van der Waals surface area contributed by atoms with Crippen LogP contribution in [0.3, 0.4) is 0 Å². The second kappa shape index (κ2) is 10.1. The van der Waals surface area contributed by atoms with Crippen molar-refractivity contribution in [3.8, 4) is 67.5 Å². The van der Waals surface area contributed by atoms with Gasteiger partial charge in [0.1, 0.15) is 11.2 Å². The van der Waals surface area contributed by atoms with Crippen molar-refractivity contribution in [1.82, 2.24) is 15.0 Å². The molecule has 0 atom stereocenters. The van der Waals surface area contributed by atoms with E-state index < -0.39 is 0 Å². The lowest BCUT2D eigenvalue weighted by atomic mass is 9.95. The average Bonchev–Trinajstić information content (AvgIpc) is 3.67. The van der Waals surface area contributed by atoms with Gasteiger partial charge in [-0.3, -0.25) is 0 Å². The van der Waals surface area contributed by atoms with Gasteiger partial charge in [-0.25, -0.2) is 15.0 Å². The molecule has 0 bridgehead atoms. The number of nitrogens with zero attached hydrogens (tertiary/aromatic N) is 3. The molecule has 2 aromatic heterocycles. The normalized spacial score (nSPS) is 11.8. The van der Waals surface area contributed by atoms with E-state index in [0.29, 0.717) is 17.5 Å². The van der Waals surface area contributed by atoms with Crippen LogP contribution >= 0.6 is 0 Å². The first-order valence-corrected chi connectivity index (χ1v) is 15.8. The summed E-state index contributed by atoms with van der Waals surface area (Å²) < 4.78 is 6.55. The summed E-state index contributed by atoms with van der Waals surface area (Å²) in [4.78, 5) is 14.8. The SMILES string of the molecule is c1ccc(-c2nc(-c3ccccc3)nc(-c3cccc(-c4cccc5oc6cc7c(cc6c45)-c4cccc5cccc-7c45)c3)n2)cc1. The Morgan fingerprint density at radius 3 is 1.55 bits per heavy atom. The molecule has 4 heteroatoms. The summed E-state index contributed by atoms with van der Waals surface area (Å²) in [5.41, 5.74) is 11.8. The zero-order valence-electron chi connectivity index (χ0n) is 25.2. The molecule has 0 fully saturated rings.